The molecule has 0 aliphatic carbocycles. The predicted octanol–water partition coefficient (Wildman–Crippen LogP) is 0.499. The maximum atomic E-state index is 10.6. The van der Waals surface area contributed by atoms with Crippen LogP contribution in [0.1, 0.15) is 28.5 Å². The van der Waals surface area contributed by atoms with Gasteiger partial charge in [-0.3, -0.25) is 4.79 Å². The van der Waals surface area contributed by atoms with E-state index >= 15 is 0 Å². The molecule has 0 bridgehead atoms. The minimum Gasteiger partial charge on any atom is -0.369 e. The second kappa shape index (κ2) is 3.85. The van der Waals surface area contributed by atoms with Crippen molar-refractivity contribution in [2.24, 2.45) is 11.5 Å². The van der Waals surface area contributed by atoms with E-state index in [-0.39, 0.29) is 18.4 Å². The minimum atomic E-state index is -0.357. The molecule has 0 saturated heterocycles. The number of rotatable bonds is 3. The van der Waals surface area contributed by atoms with Crippen LogP contribution in [-0.2, 0) is 11.2 Å². The van der Waals surface area contributed by atoms with Crippen LogP contribution in [0, 0.1) is 6.92 Å². The van der Waals surface area contributed by atoms with E-state index in [2.05, 4.69) is 4.98 Å². The summed E-state index contributed by atoms with van der Waals surface area (Å²) in [5, 5.41) is 0.748. The number of nitrogens with two attached hydrogens (primary N) is 2. The molecule has 0 spiro atoms. The lowest BCUT2D eigenvalue weighted by molar-refractivity contribution is -0.117. The van der Waals surface area contributed by atoms with Gasteiger partial charge in [-0.1, -0.05) is 0 Å². The Morgan fingerprint density at radius 2 is 2.31 bits per heavy atom. The highest BCUT2D eigenvalue weighted by Gasteiger charge is 2.11. The van der Waals surface area contributed by atoms with Crippen LogP contribution in [0.15, 0.2) is 0 Å². The monoisotopic (exact) mass is 199 g/mol. The van der Waals surface area contributed by atoms with Gasteiger partial charge >= 0.3 is 0 Å². The number of amides is 1. The zero-order valence-electron chi connectivity index (χ0n) is 7.70. The normalized spacial score (nSPS) is 12.8. The highest BCUT2D eigenvalue weighted by Crippen LogP contribution is 2.21. The zero-order valence-corrected chi connectivity index (χ0v) is 8.52. The van der Waals surface area contributed by atoms with Crippen molar-refractivity contribution in [1.82, 2.24) is 4.98 Å². The number of nitrogens with zero attached hydrogens (tertiary/aromatic N) is 1. The SMILES string of the molecule is Cc1sc(CC(N)=O)nc1C(C)N. The summed E-state index contributed by atoms with van der Waals surface area (Å²) in [4.78, 5) is 15.9. The van der Waals surface area contributed by atoms with Crippen molar-refractivity contribution in [3.8, 4) is 0 Å². The first-order chi connectivity index (χ1) is 6.00. The van der Waals surface area contributed by atoms with Gasteiger partial charge in [-0.05, 0) is 13.8 Å². The number of thiazole rings is 1. The van der Waals surface area contributed by atoms with Crippen LogP contribution in [0.5, 0.6) is 0 Å². The number of carbonyl (C=O) groups excluding carboxylic acids is 1. The van der Waals surface area contributed by atoms with E-state index in [4.69, 9.17) is 11.5 Å². The molecular weight excluding hydrogens is 186 g/mol. The third-order valence-corrected chi connectivity index (χ3v) is 2.62. The summed E-state index contributed by atoms with van der Waals surface area (Å²) in [6, 6.07) is -0.0853. The van der Waals surface area contributed by atoms with Crippen molar-refractivity contribution in [1.29, 1.82) is 0 Å². The van der Waals surface area contributed by atoms with E-state index in [1.807, 2.05) is 13.8 Å². The molecule has 13 heavy (non-hydrogen) atoms. The smallest absolute Gasteiger partial charge is 0.224 e. The van der Waals surface area contributed by atoms with Crippen molar-refractivity contribution < 1.29 is 4.79 Å². The fourth-order valence-electron chi connectivity index (χ4n) is 1.11. The van der Waals surface area contributed by atoms with Crippen molar-refractivity contribution in [2.45, 2.75) is 26.3 Å². The van der Waals surface area contributed by atoms with Gasteiger partial charge in [0.05, 0.1) is 12.1 Å². The second-order valence-corrected chi connectivity index (χ2v) is 4.27. The molecule has 1 aromatic rings. The first kappa shape index (κ1) is 10.1. The van der Waals surface area contributed by atoms with Crippen molar-refractivity contribution in [3.63, 3.8) is 0 Å². The molecule has 0 aliphatic heterocycles. The van der Waals surface area contributed by atoms with Crippen LogP contribution in [0.4, 0.5) is 0 Å². The molecule has 5 heteroatoms. The first-order valence-electron chi connectivity index (χ1n) is 4.00. The summed E-state index contributed by atoms with van der Waals surface area (Å²) in [7, 11) is 0. The zero-order chi connectivity index (χ0) is 10.0. The standard InChI is InChI=1S/C8H13N3OS/c1-4(9)8-5(2)13-7(11-8)3-6(10)12/h4H,3,9H2,1-2H3,(H2,10,12). The van der Waals surface area contributed by atoms with Gasteiger partial charge in [0, 0.05) is 10.9 Å². The van der Waals surface area contributed by atoms with Gasteiger partial charge in [0.25, 0.3) is 0 Å². The highest BCUT2D eigenvalue weighted by molar-refractivity contribution is 7.11. The summed E-state index contributed by atoms with van der Waals surface area (Å²) in [6.45, 7) is 3.82. The Balaban J connectivity index is 2.88. The Kier molecular flexibility index (Phi) is 3.00. The highest BCUT2D eigenvalue weighted by atomic mass is 32.1. The molecule has 1 amide bonds. The van der Waals surface area contributed by atoms with E-state index in [0.717, 1.165) is 15.6 Å². The Morgan fingerprint density at radius 3 is 2.69 bits per heavy atom. The van der Waals surface area contributed by atoms with Crippen molar-refractivity contribution in [3.05, 3.63) is 15.6 Å². The average Bonchev–Trinajstić information content (AvgIpc) is 2.29. The van der Waals surface area contributed by atoms with E-state index in [0.29, 0.717) is 0 Å². The third kappa shape index (κ3) is 2.50. The summed E-state index contributed by atoms with van der Waals surface area (Å²) < 4.78 is 0. The van der Waals surface area contributed by atoms with Crippen LogP contribution in [-0.4, -0.2) is 10.9 Å². The Hall–Kier alpha value is -0.940. The lowest BCUT2D eigenvalue weighted by Gasteiger charge is -1.99. The summed E-state index contributed by atoms with van der Waals surface area (Å²) in [6.07, 6.45) is 0.207. The quantitative estimate of drug-likeness (QED) is 0.743. The molecule has 0 aromatic carbocycles. The molecule has 0 aliphatic rings. The maximum absolute atomic E-state index is 10.6. The molecule has 1 unspecified atom stereocenters. The van der Waals surface area contributed by atoms with E-state index in [1.54, 1.807) is 0 Å². The number of hydrogen-bond donors (Lipinski definition) is 2. The maximum Gasteiger partial charge on any atom is 0.224 e. The molecule has 0 saturated carbocycles. The van der Waals surface area contributed by atoms with Crippen LogP contribution >= 0.6 is 11.3 Å². The van der Waals surface area contributed by atoms with Gasteiger partial charge in [-0.15, -0.1) is 11.3 Å². The van der Waals surface area contributed by atoms with Crippen LogP contribution < -0.4 is 11.5 Å². The molecule has 1 heterocycles. The molecule has 1 atom stereocenters. The lowest BCUT2D eigenvalue weighted by atomic mass is 10.2. The van der Waals surface area contributed by atoms with Gasteiger partial charge in [0.15, 0.2) is 0 Å². The second-order valence-electron chi connectivity index (χ2n) is 2.98. The van der Waals surface area contributed by atoms with E-state index in [1.165, 1.54) is 11.3 Å². The average molecular weight is 199 g/mol. The van der Waals surface area contributed by atoms with Gasteiger partial charge < -0.3 is 11.5 Å². The van der Waals surface area contributed by atoms with Crippen LogP contribution in [0.2, 0.25) is 0 Å². The summed E-state index contributed by atoms with van der Waals surface area (Å²) in [5.41, 5.74) is 11.6. The largest absolute Gasteiger partial charge is 0.369 e. The van der Waals surface area contributed by atoms with Crippen LogP contribution in [0.25, 0.3) is 0 Å². The fourth-order valence-corrected chi connectivity index (χ4v) is 2.16. The Morgan fingerprint density at radius 1 is 1.69 bits per heavy atom. The van der Waals surface area contributed by atoms with Crippen molar-refractivity contribution >= 4 is 17.2 Å². The number of aryl methyl sites for hydroxylation is 1. The Bertz CT molecular complexity index is 319. The van der Waals surface area contributed by atoms with Gasteiger partial charge in [-0.25, -0.2) is 4.98 Å². The van der Waals surface area contributed by atoms with Gasteiger partial charge in [0.2, 0.25) is 5.91 Å². The molecule has 0 radical (unpaired) electrons. The fraction of sp³-hybridized carbons (Fsp3) is 0.500. The number of aromatic nitrogens is 1. The molecule has 0 fully saturated rings. The predicted molar refractivity (Wildman–Crippen MR) is 52.4 cm³/mol. The molecule has 1 aromatic heterocycles. The number of primary amides is 1. The van der Waals surface area contributed by atoms with Crippen molar-refractivity contribution in [2.75, 3.05) is 0 Å². The summed E-state index contributed by atoms with van der Waals surface area (Å²) in [5.74, 6) is -0.357. The third-order valence-electron chi connectivity index (χ3n) is 1.63. The first-order valence-corrected chi connectivity index (χ1v) is 4.82. The van der Waals surface area contributed by atoms with Gasteiger partial charge in [-0.2, -0.15) is 0 Å². The number of hydrogen-bond acceptors (Lipinski definition) is 4. The summed E-state index contributed by atoms with van der Waals surface area (Å²) >= 11 is 1.48. The molecule has 4 N–H and O–H groups in total. The molecular formula is C8H13N3OS. The van der Waals surface area contributed by atoms with E-state index in [9.17, 15) is 4.79 Å². The topological polar surface area (TPSA) is 82.0 Å². The Labute approximate surface area is 81.0 Å². The van der Waals surface area contributed by atoms with Gasteiger partial charge in [0.1, 0.15) is 5.01 Å². The number of carbonyl (C=O) groups is 1. The lowest BCUT2D eigenvalue weighted by Crippen LogP contribution is -2.14. The van der Waals surface area contributed by atoms with Crippen LogP contribution in [0.3, 0.4) is 0 Å². The van der Waals surface area contributed by atoms with E-state index < -0.39 is 0 Å². The molecule has 72 valence electrons. The minimum absolute atomic E-state index is 0.0853. The molecule has 4 nitrogen and oxygen atoms in total. The molecule has 1 rings (SSSR count).